The van der Waals surface area contributed by atoms with Gasteiger partial charge in [0.15, 0.2) is 0 Å². The SMILES string of the molecule is NC(=O)c1ccc(-c2cc(-c3ccc4c(c3)CC(O)N4)cnc2N)cc1. The number of pyridine rings is 1. The van der Waals surface area contributed by atoms with E-state index in [0.29, 0.717) is 17.8 Å². The van der Waals surface area contributed by atoms with Gasteiger partial charge in [-0.15, -0.1) is 0 Å². The molecule has 0 saturated heterocycles. The van der Waals surface area contributed by atoms with Crippen LogP contribution < -0.4 is 16.8 Å². The van der Waals surface area contributed by atoms with E-state index in [0.717, 1.165) is 33.5 Å². The molecule has 1 atom stereocenters. The molecule has 0 radical (unpaired) electrons. The van der Waals surface area contributed by atoms with E-state index in [9.17, 15) is 9.90 Å². The van der Waals surface area contributed by atoms with E-state index in [2.05, 4.69) is 10.3 Å². The maximum Gasteiger partial charge on any atom is 0.248 e. The minimum absolute atomic E-state index is 0.416. The Hall–Kier alpha value is -3.38. The van der Waals surface area contributed by atoms with Gasteiger partial charge in [0.1, 0.15) is 12.0 Å². The highest BCUT2D eigenvalue weighted by Crippen LogP contribution is 2.33. The highest BCUT2D eigenvalue weighted by atomic mass is 16.3. The monoisotopic (exact) mass is 346 g/mol. The Bertz CT molecular complexity index is 999. The molecule has 6 nitrogen and oxygen atoms in total. The van der Waals surface area contributed by atoms with Crippen LogP contribution in [0.2, 0.25) is 0 Å². The number of aromatic nitrogens is 1. The van der Waals surface area contributed by atoms with E-state index in [-0.39, 0.29) is 0 Å². The molecular weight excluding hydrogens is 328 g/mol. The zero-order valence-corrected chi connectivity index (χ0v) is 13.9. The molecule has 6 N–H and O–H groups in total. The number of nitrogens with one attached hydrogen (secondary N) is 1. The van der Waals surface area contributed by atoms with Crippen LogP contribution in [0.25, 0.3) is 22.3 Å². The summed E-state index contributed by atoms with van der Waals surface area (Å²) in [5.74, 6) is -0.0517. The summed E-state index contributed by atoms with van der Waals surface area (Å²) in [6, 6.07) is 14.9. The Morgan fingerprint density at radius 3 is 2.54 bits per heavy atom. The summed E-state index contributed by atoms with van der Waals surface area (Å²) in [6.07, 6.45) is 1.77. The number of amides is 1. The number of nitrogen functional groups attached to an aromatic ring is 1. The molecule has 0 aliphatic carbocycles. The van der Waals surface area contributed by atoms with E-state index in [1.807, 2.05) is 24.3 Å². The van der Waals surface area contributed by atoms with E-state index >= 15 is 0 Å². The van der Waals surface area contributed by atoms with Crippen molar-refractivity contribution in [2.75, 3.05) is 11.1 Å². The number of fused-ring (bicyclic) bond motifs is 1. The smallest absolute Gasteiger partial charge is 0.248 e. The Morgan fingerprint density at radius 1 is 1.08 bits per heavy atom. The third-order valence-electron chi connectivity index (χ3n) is 4.57. The molecule has 2 heterocycles. The largest absolute Gasteiger partial charge is 0.383 e. The summed E-state index contributed by atoms with van der Waals surface area (Å²) < 4.78 is 0. The number of hydrogen-bond acceptors (Lipinski definition) is 5. The molecule has 1 aliphatic rings. The summed E-state index contributed by atoms with van der Waals surface area (Å²) >= 11 is 0. The van der Waals surface area contributed by atoms with E-state index in [1.54, 1.807) is 30.5 Å². The highest BCUT2D eigenvalue weighted by Gasteiger charge is 2.18. The standard InChI is InChI=1S/C20H18N4O2/c21-19-16(11-1-3-12(4-2-11)20(22)26)8-15(10-23-19)13-5-6-17-14(7-13)9-18(25)24-17/h1-8,10,18,24-25H,9H2,(H2,21,23)(H2,22,26). The fraction of sp³-hybridized carbons (Fsp3) is 0.100. The van der Waals surface area contributed by atoms with Crippen molar-refractivity contribution in [3.8, 4) is 22.3 Å². The topological polar surface area (TPSA) is 114 Å². The maximum absolute atomic E-state index is 11.2. The summed E-state index contributed by atoms with van der Waals surface area (Å²) in [7, 11) is 0. The van der Waals surface area contributed by atoms with Gasteiger partial charge in [0.05, 0.1) is 0 Å². The zero-order chi connectivity index (χ0) is 18.3. The van der Waals surface area contributed by atoms with Crippen LogP contribution in [0.1, 0.15) is 15.9 Å². The normalized spacial score (nSPS) is 15.3. The van der Waals surface area contributed by atoms with Crippen LogP contribution in [0, 0.1) is 0 Å². The average molecular weight is 346 g/mol. The Balaban J connectivity index is 1.73. The number of carbonyl (C=O) groups excluding carboxylic acids is 1. The van der Waals surface area contributed by atoms with Crippen molar-refractivity contribution in [1.29, 1.82) is 0 Å². The zero-order valence-electron chi connectivity index (χ0n) is 13.9. The van der Waals surface area contributed by atoms with Crippen LogP contribution in [-0.2, 0) is 6.42 Å². The molecule has 2 aromatic carbocycles. The van der Waals surface area contributed by atoms with Gasteiger partial charge >= 0.3 is 0 Å². The highest BCUT2D eigenvalue weighted by molar-refractivity contribution is 5.93. The third-order valence-corrected chi connectivity index (χ3v) is 4.57. The number of aliphatic hydroxyl groups excluding tert-OH is 1. The van der Waals surface area contributed by atoms with Crippen LogP contribution in [0.15, 0.2) is 54.7 Å². The molecule has 3 aromatic rings. The number of carbonyl (C=O) groups is 1. The molecule has 0 spiro atoms. The van der Waals surface area contributed by atoms with Gasteiger partial charge in [-0.3, -0.25) is 4.79 Å². The number of rotatable bonds is 3. The average Bonchev–Trinajstić information content (AvgIpc) is 3.01. The van der Waals surface area contributed by atoms with Crippen molar-refractivity contribution in [2.45, 2.75) is 12.6 Å². The molecule has 1 amide bonds. The van der Waals surface area contributed by atoms with Crippen molar-refractivity contribution in [3.63, 3.8) is 0 Å². The summed E-state index contributed by atoms with van der Waals surface area (Å²) in [6.45, 7) is 0. The second-order valence-electron chi connectivity index (χ2n) is 6.33. The van der Waals surface area contributed by atoms with Gasteiger partial charge in [0.25, 0.3) is 0 Å². The Morgan fingerprint density at radius 2 is 1.81 bits per heavy atom. The first kappa shape index (κ1) is 16.1. The summed E-state index contributed by atoms with van der Waals surface area (Å²) in [5, 5.41) is 12.7. The van der Waals surface area contributed by atoms with Gasteiger partial charge in [-0.25, -0.2) is 4.98 Å². The fourth-order valence-corrected chi connectivity index (χ4v) is 3.20. The first-order chi connectivity index (χ1) is 12.5. The van der Waals surface area contributed by atoms with E-state index < -0.39 is 12.1 Å². The van der Waals surface area contributed by atoms with Crippen LogP contribution in [-0.4, -0.2) is 22.2 Å². The van der Waals surface area contributed by atoms with Crippen LogP contribution in [0.5, 0.6) is 0 Å². The van der Waals surface area contributed by atoms with Gasteiger partial charge in [-0.1, -0.05) is 18.2 Å². The molecule has 1 aromatic heterocycles. The molecule has 0 saturated carbocycles. The minimum atomic E-state index is -0.538. The Kier molecular flexibility index (Phi) is 3.82. The molecule has 1 aliphatic heterocycles. The Labute approximate surface area is 150 Å². The lowest BCUT2D eigenvalue weighted by Gasteiger charge is -2.10. The number of nitrogens with two attached hydrogens (primary N) is 2. The van der Waals surface area contributed by atoms with Crippen molar-refractivity contribution >= 4 is 17.4 Å². The fourth-order valence-electron chi connectivity index (χ4n) is 3.20. The first-order valence-corrected chi connectivity index (χ1v) is 8.25. The second kappa shape index (κ2) is 6.16. The maximum atomic E-state index is 11.2. The molecule has 1 unspecified atom stereocenters. The molecule has 4 rings (SSSR count). The number of benzene rings is 2. The van der Waals surface area contributed by atoms with Crippen molar-refractivity contribution in [2.24, 2.45) is 5.73 Å². The van der Waals surface area contributed by atoms with Crippen LogP contribution >= 0.6 is 0 Å². The quantitative estimate of drug-likeness (QED) is 0.581. The molecule has 0 fully saturated rings. The summed E-state index contributed by atoms with van der Waals surface area (Å²) in [4.78, 5) is 15.6. The third kappa shape index (κ3) is 2.87. The number of nitrogens with zero attached hydrogens (tertiary/aromatic N) is 1. The van der Waals surface area contributed by atoms with Gasteiger partial charge in [-0.2, -0.15) is 0 Å². The molecule has 0 bridgehead atoms. The molecular formula is C20H18N4O2. The number of aliphatic hydroxyl groups is 1. The predicted molar refractivity (Wildman–Crippen MR) is 101 cm³/mol. The lowest BCUT2D eigenvalue weighted by atomic mass is 9.98. The molecule has 6 heteroatoms. The molecule has 130 valence electrons. The predicted octanol–water partition coefficient (Wildman–Crippen LogP) is 2.38. The first-order valence-electron chi connectivity index (χ1n) is 8.25. The number of anilines is 2. The van der Waals surface area contributed by atoms with Crippen LogP contribution in [0.3, 0.4) is 0 Å². The number of primary amides is 1. The van der Waals surface area contributed by atoms with E-state index in [4.69, 9.17) is 11.5 Å². The van der Waals surface area contributed by atoms with Crippen molar-refractivity contribution in [1.82, 2.24) is 4.98 Å². The lowest BCUT2D eigenvalue weighted by Crippen LogP contribution is -2.12. The molecule has 26 heavy (non-hydrogen) atoms. The van der Waals surface area contributed by atoms with Gasteiger partial charge in [0.2, 0.25) is 5.91 Å². The van der Waals surface area contributed by atoms with Crippen molar-refractivity contribution < 1.29 is 9.90 Å². The van der Waals surface area contributed by atoms with Gasteiger partial charge in [-0.05, 0) is 47.0 Å². The van der Waals surface area contributed by atoms with Crippen LogP contribution in [0.4, 0.5) is 11.5 Å². The second-order valence-corrected chi connectivity index (χ2v) is 6.33. The van der Waals surface area contributed by atoms with Crippen molar-refractivity contribution in [3.05, 3.63) is 65.9 Å². The minimum Gasteiger partial charge on any atom is -0.383 e. The number of hydrogen-bond donors (Lipinski definition) is 4. The lowest BCUT2D eigenvalue weighted by molar-refractivity contribution is 0.100. The van der Waals surface area contributed by atoms with Gasteiger partial charge < -0.3 is 21.9 Å². The summed E-state index contributed by atoms with van der Waals surface area (Å²) in [5.41, 5.74) is 17.4. The van der Waals surface area contributed by atoms with E-state index in [1.165, 1.54) is 0 Å². The van der Waals surface area contributed by atoms with Gasteiger partial charge in [0, 0.05) is 35.0 Å².